The van der Waals surface area contributed by atoms with Crippen LogP contribution in [-0.4, -0.2) is 10.8 Å². The highest BCUT2D eigenvalue weighted by atomic mass is 32.1. The molecule has 0 unspecified atom stereocenters. The zero-order valence-electron chi connectivity index (χ0n) is 12.5. The van der Waals surface area contributed by atoms with Gasteiger partial charge in [0.05, 0.1) is 6.07 Å². The number of aryl methyl sites for hydroxylation is 1. The summed E-state index contributed by atoms with van der Waals surface area (Å²) in [5.74, 6) is -0.616. The molecule has 2 heterocycles. The zero-order chi connectivity index (χ0) is 16.0. The SMILES string of the molecule is Cc1ccc([C@@H]2C[C@H]2C(=O)[C@H](C#N)c2nc3ccccc3o2)s1. The number of hydrogen-bond donors (Lipinski definition) is 0. The van der Waals surface area contributed by atoms with Crippen LogP contribution in [0.25, 0.3) is 11.1 Å². The lowest BCUT2D eigenvalue weighted by molar-refractivity contribution is -0.121. The molecule has 1 fully saturated rings. The van der Waals surface area contributed by atoms with E-state index < -0.39 is 5.92 Å². The number of para-hydroxylation sites is 2. The number of nitrogens with zero attached hydrogens (tertiary/aromatic N) is 2. The van der Waals surface area contributed by atoms with Gasteiger partial charge < -0.3 is 4.42 Å². The molecule has 3 aromatic rings. The normalized spacial score (nSPS) is 21.0. The van der Waals surface area contributed by atoms with Crippen LogP contribution in [-0.2, 0) is 4.79 Å². The minimum atomic E-state index is -0.918. The van der Waals surface area contributed by atoms with E-state index >= 15 is 0 Å². The number of hydrogen-bond acceptors (Lipinski definition) is 5. The topological polar surface area (TPSA) is 66.9 Å². The first-order valence-electron chi connectivity index (χ1n) is 7.52. The molecule has 0 amide bonds. The van der Waals surface area contributed by atoms with Gasteiger partial charge in [-0.1, -0.05) is 12.1 Å². The molecule has 0 spiro atoms. The van der Waals surface area contributed by atoms with Crippen LogP contribution in [0.3, 0.4) is 0 Å². The third-order valence-corrected chi connectivity index (χ3v) is 5.39. The molecule has 1 aliphatic carbocycles. The quantitative estimate of drug-likeness (QED) is 0.722. The number of oxazole rings is 1. The highest BCUT2D eigenvalue weighted by Crippen LogP contribution is 2.51. The van der Waals surface area contributed by atoms with E-state index in [0.29, 0.717) is 11.1 Å². The molecule has 0 radical (unpaired) electrons. The van der Waals surface area contributed by atoms with Gasteiger partial charge >= 0.3 is 0 Å². The molecule has 0 N–H and O–H groups in total. The number of Topliss-reactive ketones (excluding diaryl/α,β-unsaturated/α-hetero) is 1. The Morgan fingerprint density at radius 1 is 1.39 bits per heavy atom. The summed E-state index contributed by atoms with van der Waals surface area (Å²) in [7, 11) is 0. The molecule has 1 aromatic carbocycles. The summed E-state index contributed by atoms with van der Waals surface area (Å²) in [5, 5.41) is 9.44. The van der Waals surface area contributed by atoms with Gasteiger partial charge in [-0.2, -0.15) is 5.26 Å². The van der Waals surface area contributed by atoms with Crippen LogP contribution in [0.2, 0.25) is 0 Å². The number of carbonyl (C=O) groups excluding carboxylic acids is 1. The third kappa shape index (κ3) is 2.45. The van der Waals surface area contributed by atoms with Crippen LogP contribution in [0.1, 0.15) is 33.9 Å². The van der Waals surface area contributed by atoms with Gasteiger partial charge in [0.15, 0.2) is 17.3 Å². The van der Waals surface area contributed by atoms with Crippen molar-refractivity contribution in [1.29, 1.82) is 5.26 Å². The Bertz CT molecular complexity index is 901. The Morgan fingerprint density at radius 2 is 2.22 bits per heavy atom. The van der Waals surface area contributed by atoms with Crippen molar-refractivity contribution in [2.24, 2.45) is 5.92 Å². The summed E-state index contributed by atoms with van der Waals surface area (Å²) >= 11 is 1.72. The van der Waals surface area contributed by atoms with E-state index in [0.717, 1.165) is 6.42 Å². The molecule has 1 saturated carbocycles. The molecule has 114 valence electrons. The number of nitriles is 1. The lowest BCUT2D eigenvalue weighted by Crippen LogP contribution is -2.14. The van der Waals surface area contributed by atoms with Crippen LogP contribution in [0.5, 0.6) is 0 Å². The summed E-state index contributed by atoms with van der Waals surface area (Å²) in [5.41, 5.74) is 1.29. The van der Waals surface area contributed by atoms with E-state index in [1.54, 1.807) is 17.4 Å². The van der Waals surface area contributed by atoms with Crippen molar-refractivity contribution in [2.45, 2.75) is 25.2 Å². The number of rotatable bonds is 4. The maximum absolute atomic E-state index is 12.7. The van der Waals surface area contributed by atoms with E-state index in [2.05, 4.69) is 30.1 Å². The molecule has 2 aromatic heterocycles. The van der Waals surface area contributed by atoms with Gasteiger partial charge in [0.1, 0.15) is 5.52 Å². The van der Waals surface area contributed by atoms with Crippen molar-refractivity contribution >= 4 is 28.2 Å². The van der Waals surface area contributed by atoms with Crippen molar-refractivity contribution in [3.8, 4) is 6.07 Å². The van der Waals surface area contributed by atoms with Gasteiger partial charge in [-0.25, -0.2) is 4.98 Å². The van der Waals surface area contributed by atoms with E-state index in [4.69, 9.17) is 4.42 Å². The summed E-state index contributed by atoms with van der Waals surface area (Å²) in [4.78, 5) is 19.5. The smallest absolute Gasteiger partial charge is 0.220 e. The maximum atomic E-state index is 12.7. The van der Waals surface area contributed by atoms with E-state index in [1.165, 1.54) is 9.75 Å². The molecule has 4 rings (SSSR count). The van der Waals surface area contributed by atoms with Crippen molar-refractivity contribution in [3.05, 3.63) is 52.0 Å². The second-order valence-corrected chi connectivity index (χ2v) is 7.20. The van der Waals surface area contributed by atoms with Crippen molar-refractivity contribution in [3.63, 3.8) is 0 Å². The zero-order valence-corrected chi connectivity index (χ0v) is 13.3. The highest BCUT2D eigenvalue weighted by molar-refractivity contribution is 7.12. The molecular weight excluding hydrogens is 308 g/mol. The number of ketones is 1. The van der Waals surface area contributed by atoms with Gasteiger partial charge in [-0.3, -0.25) is 4.79 Å². The number of aromatic nitrogens is 1. The van der Waals surface area contributed by atoms with Crippen molar-refractivity contribution in [1.82, 2.24) is 4.98 Å². The minimum absolute atomic E-state index is 0.0740. The third-order valence-electron chi connectivity index (χ3n) is 4.25. The molecule has 0 aliphatic heterocycles. The predicted octanol–water partition coefficient (Wildman–Crippen LogP) is 4.18. The monoisotopic (exact) mass is 322 g/mol. The standard InChI is InChI=1S/C18H14N2O2S/c1-10-6-7-16(23-10)11-8-12(11)17(21)13(9-19)18-20-14-4-2-3-5-15(14)22-18/h2-7,11-13H,8H2,1H3/t11-,12-,13+/m1/s1. The van der Waals surface area contributed by atoms with E-state index in [-0.39, 0.29) is 23.5 Å². The minimum Gasteiger partial charge on any atom is -0.439 e. The fourth-order valence-electron chi connectivity index (χ4n) is 2.94. The number of thiophene rings is 1. The Hall–Kier alpha value is -2.45. The van der Waals surface area contributed by atoms with E-state index in [9.17, 15) is 10.1 Å². The number of benzene rings is 1. The lowest BCUT2D eigenvalue weighted by atomic mass is 10.0. The first-order chi connectivity index (χ1) is 11.2. The average Bonchev–Trinajstić information content (AvgIpc) is 3.05. The number of carbonyl (C=O) groups is 1. The van der Waals surface area contributed by atoms with Gasteiger partial charge in [0, 0.05) is 21.6 Å². The molecule has 1 aliphatic rings. The van der Waals surface area contributed by atoms with Crippen LogP contribution in [0, 0.1) is 24.2 Å². The van der Waals surface area contributed by atoms with Gasteiger partial charge in [-0.15, -0.1) is 11.3 Å². The second-order valence-electron chi connectivity index (χ2n) is 5.88. The van der Waals surface area contributed by atoms with Crippen LogP contribution in [0.4, 0.5) is 0 Å². The Kier molecular flexibility index (Phi) is 3.28. The van der Waals surface area contributed by atoms with E-state index in [1.807, 2.05) is 18.2 Å². The van der Waals surface area contributed by atoms with Crippen molar-refractivity contribution < 1.29 is 9.21 Å². The fraction of sp³-hybridized carbons (Fsp3) is 0.278. The van der Waals surface area contributed by atoms with Crippen LogP contribution in [0.15, 0.2) is 40.8 Å². The summed E-state index contributed by atoms with van der Waals surface area (Å²) in [6.45, 7) is 2.06. The fourth-order valence-corrected chi connectivity index (χ4v) is 4.00. The molecule has 0 saturated heterocycles. The highest BCUT2D eigenvalue weighted by Gasteiger charge is 2.48. The molecular formula is C18H14N2O2S. The van der Waals surface area contributed by atoms with Crippen LogP contribution < -0.4 is 0 Å². The van der Waals surface area contributed by atoms with Crippen LogP contribution >= 0.6 is 11.3 Å². The first-order valence-corrected chi connectivity index (χ1v) is 8.34. The molecule has 5 heteroatoms. The summed E-state index contributed by atoms with van der Waals surface area (Å²) < 4.78 is 5.61. The first kappa shape index (κ1) is 14.2. The largest absolute Gasteiger partial charge is 0.439 e. The average molecular weight is 322 g/mol. The summed E-state index contributed by atoms with van der Waals surface area (Å²) in [6.07, 6.45) is 0.817. The Labute approximate surface area is 137 Å². The Morgan fingerprint density at radius 3 is 2.91 bits per heavy atom. The lowest BCUT2D eigenvalue weighted by Gasteiger charge is -2.03. The molecule has 0 bridgehead atoms. The molecule has 4 nitrogen and oxygen atoms in total. The Balaban J connectivity index is 1.58. The van der Waals surface area contributed by atoms with Gasteiger partial charge in [0.2, 0.25) is 5.89 Å². The number of fused-ring (bicyclic) bond motifs is 1. The molecule has 3 atom stereocenters. The van der Waals surface area contributed by atoms with Gasteiger partial charge in [-0.05, 0) is 37.6 Å². The maximum Gasteiger partial charge on any atom is 0.220 e. The van der Waals surface area contributed by atoms with Crippen molar-refractivity contribution in [2.75, 3.05) is 0 Å². The summed E-state index contributed by atoms with van der Waals surface area (Å²) in [6, 6.07) is 13.5. The second kappa shape index (κ2) is 5.32. The van der Waals surface area contributed by atoms with Gasteiger partial charge in [0.25, 0.3) is 0 Å². The predicted molar refractivity (Wildman–Crippen MR) is 87.3 cm³/mol. The molecule has 23 heavy (non-hydrogen) atoms.